The number of ether oxygens (including phenoxy) is 1. The molecule has 0 atom stereocenters. The van der Waals surface area contributed by atoms with Gasteiger partial charge in [-0.25, -0.2) is 4.68 Å². The smallest absolute Gasteiger partial charge is 0.269 e. The highest BCUT2D eigenvalue weighted by molar-refractivity contribution is 5.93. The van der Waals surface area contributed by atoms with E-state index in [-0.39, 0.29) is 18.0 Å². The van der Waals surface area contributed by atoms with Gasteiger partial charge in [-0.1, -0.05) is 30.3 Å². The maximum Gasteiger partial charge on any atom is 0.269 e. The summed E-state index contributed by atoms with van der Waals surface area (Å²) in [5.74, 6) is -0.167. The number of anilines is 1. The lowest BCUT2D eigenvalue weighted by molar-refractivity contribution is -0.384. The molecular formula is C28H27N5O4. The van der Waals surface area contributed by atoms with Gasteiger partial charge in [0.2, 0.25) is 5.91 Å². The van der Waals surface area contributed by atoms with Crippen LogP contribution in [0.2, 0.25) is 0 Å². The van der Waals surface area contributed by atoms with E-state index < -0.39 is 4.92 Å². The molecule has 5 rings (SSSR count). The van der Waals surface area contributed by atoms with E-state index in [4.69, 9.17) is 9.84 Å². The number of nitro groups is 1. The first-order valence-electron chi connectivity index (χ1n) is 12.1. The van der Waals surface area contributed by atoms with Gasteiger partial charge in [0.05, 0.1) is 35.9 Å². The van der Waals surface area contributed by atoms with Crippen molar-refractivity contribution in [3.8, 4) is 16.9 Å². The summed E-state index contributed by atoms with van der Waals surface area (Å²) >= 11 is 0. The predicted molar refractivity (Wildman–Crippen MR) is 141 cm³/mol. The number of non-ortho nitro benzene ring substituents is 1. The van der Waals surface area contributed by atoms with E-state index in [9.17, 15) is 14.9 Å². The van der Waals surface area contributed by atoms with E-state index in [1.54, 1.807) is 16.8 Å². The van der Waals surface area contributed by atoms with Crippen molar-refractivity contribution < 1.29 is 14.5 Å². The number of hydrogen-bond acceptors (Lipinski definition) is 6. The Labute approximate surface area is 214 Å². The van der Waals surface area contributed by atoms with Gasteiger partial charge in [0.25, 0.3) is 5.69 Å². The van der Waals surface area contributed by atoms with Gasteiger partial charge in [-0.3, -0.25) is 19.8 Å². The van der Waals surface area contributed by atoms with Crippen molar-refractivity contribution in [2.75, 3.05) is 31.6 Å². The third kappa shape index (κ3) is 6.08. The molecule has 9 heteroatoms. The van der Waals surface area contributed by atoms with Crippen LogP contribution in [0.25, 0.3) is 16.9 Å². The highest BCUT2D eigenvalue weighted by Crippen LogP contribution is 2.26. The number of para-hydroxylation sites is 1. The largest absolute Gasteiger partial charge is 0.379 e. The molecule has 1 fully saturated rings. The standard InChI is InChI=1S/C28H27N5O4/c34-27(29-24-6-4-5-21(17-24)19-31-13-15-37-16-14-31)18-23-20-32(25-7-2-1-3-8-25)30-28(23)22-9-11-26(12-10-22)33(35)36/h1-12,17,20H,13-16,18-19H2,(H,29,34). The third-order valence-corrected chi connectivity index (χ3v) is 6.23. The minimum Gasteiger partial charge on any atom is -0.379 e. The van der Waals surface area contributed by atoms with Crippen molar-refractivity contribution in [3.05, 3.63) is 106 Å². The Morgan fingerprint density at radius 3 is 2.49 bits per heavy atom. The van der Waals surface area contributed by atoms with Crippen molar-refractivity contribution in [2.45, 2.75) is 13.0 Å². The van der Waals surface area contributed by atoms with Crippen LogP contribution in [0.5, 0.6) is 0 Å². The summed E-state index contributed by atoms with van der Waals surface area (Å²) in [5, 5.41) is 18.8. The average Bonchev–Trinajstić information content (AvgIpc) is 3.33. The van der Waals surface area contributed by atoms with E-state index in [0.29, 0.717) is 11.3 Å². The van der Waals surface area contributed by atoms with Crippen LogP contribution in [0.4, 0.5) is 11.4 Å². The molecule has 1 aliphatic heterocycles. The van der Waals surface area contributed by atoms with Crippen molar-refractivity contribution >= 4 is 17.3 Å². The summed E-state index contributed by atoms with van der Waals surface area (Å²) in [6.07, 6.45) is 1.94. The van der Waals surface area contributed by atoms with Crippen molar-refractivity contribution in [3.63, 3.8) is 0 Å². The number of nitrogens with zero attached hydrogens (tertiary/aromatic N) is 4. The summed E-state index contributed by atoms with van der Waals surface area (Å²) in [4.78, 5) is 26.1. The molecule has 2 heterocycles. The zero-order valence-corrected chi connectivity index (χ0v) is 20.2. The van der Waals surface area contributed by atoms with Crippen molar-refractivity contribution in [2.24, 2.45) is 0 Å². The molecule has 0 radical (unpaired) electrons. The maximum atomic E-state index is 13.1. The quantitative estimate of drug-likeness (QED) is 0.285. The molecule has 1 N–H and O–H groups in total. The van der Waals surface area contributed by atoms with Crippen LogP contribution in [0.1, 0.15) is 11.1 Å². The second kappa shape index (κ2) is 11.2. The third-order valence-electron chi connectivity index (χ3n) is 6.23. The normalized spacial score (nSPS) is 13.8. The monoisotopic (exact) mass is 497 g/mol. The SMILES string of the molecule is O=C(Cc1cn(-c2ccccc2)nc1-c1ccc([N+](=O)[O-])cc1)Nc1cccc(CN2CCOCC2)c1. The molecule has 0 bridgehead atoms. The zero-order chi connectivity index (χ0) is 25.6. The van der Waals surface area contributed by atoms with Gasteiger partial charge in [-0.05, 0) is 42.0 Å². The summed E-state index contributed by atoms with van der Waals surface area (Å²) in [6, 6.07) is 23.7. The summed E-state index contributed by atoms with van der Waals surface area (Å²) < 4.78 is 7.15. The molecule has 0 unspecified atom stereocenters. The van der Waals surface area contributed by atoms with E-state index in [1.165, 1.54) is 12.1 Å². The first kappa shape index (κ1) is 24.4. The lowest BCUT2D eigenvalue weighted by atomic mass is 10.1. The second-order valence-corrected chi connectivity index (χ2v) is 8.90. The van der Waals surface area contributed by atoms with Crippen LogP contribution < -0.4 is 5.32 Å². The van der Waals surface area contributed by atoms with E-state index in [1.807, 2.05) is 54.7 Å². The molecule has 3 aromatic carbocycles. The van der Waals surface area contributed by atoms with Crippen molar-refractivity contribution in [1.29, 1.82) is 0 Å². The number of morpholine rings is 1. The number of amides is 1. The number of hydrogen-bond donors (Lipinski definition) is 1. The topological polar surface area (TPSA) is 103 Å². The second-order valence-electron chi connectivity index (χ2n) is 8.90. The van der Waals surface area contributed by atoms with Crippen LogP contribution in [0.15, 0.2) is 85.1 Å². The van der Waals surface area contributed by atoms with E-state index in [2.05, 4.69) is 16.3 Å². The first-order valence-corrected chi connectivity index (χ1v) is 12.1. The molecule has 0 saturated carbocycles. The Bertz CT molecular complexity index is 1380. The molecule has 1 aromatic heterocycles. The lowest BCUT2D eigenvalue weighted by Gasteiger charge is -2.26. The first-order chi connectivity index (χ1) is 18.0. The highest BCUT2D eigenvalue weighted by atomic mass is 16.6. The predicted octanol–water partition coefficient (Wildman–Crippen LogP) is 4.46. The van der Waals surface area contributed by atoms with Crippen molar-refractivity contribution in [1.82, 2.24) is 14.7 Å². The van der Waals surface area contributed by atoms with Crippen LogP contribution in [-0.2, 0) is 22.5 Å². The molecule has 37 heavy (non-hydrogen) atoms. The fourth-order valence-electron chi connectivity index (χ4n) is 4.38. The molecule has 188 valence electrons. The number of aromatic nitrogens is 2. The van der Waals surface area contributed by atoms with Gasteiger partial charge in [-0.15, -0.1) is 0 Å². The van der Waals surface area contributed by atoms with Crippen LogP contribution >= 0.6 is 0 Å². The average molecular weight is 498 g/mol. The van der Waals surface area contributed by atoms with Gasteiger partial charge in [-0.2, -0.15) is 5.10 Å². The fourth-order valence-corrected chi connectivity index (χ4v) is 4.38. The molecule has 0 aliphatic carbocycles. The fraction of sp³-hybridized carbons (Fsp3) is 0.214. The van der Waals surface area contributed by atoms with Gasteiger partial charge < -0.3 is 10.1 Å². The number of rotatable bonds is 8. The minimum atomic E-state index is -0.437. The molecule has 0 spiro atoms. The number of carbonyl (C=O) groups excluding carboxylic acids is 1. The van der Waals surface area contributed by atoms with Crippen LogP contribution in [0.3, 0.4) is 0 Å². The zero-order valence-electron chi connectivity index (χ0n) is 20.2. The summed E-state index contributed by atoms with van der Waals surface area (Å²) in [7, 11) is 0. The highest BCUT2D eigenvalue weighted by Gasteiger charge is 2.17. The Hall–Kier alpha value is -4.34. The van der Waals surface area contributed by atoms with E-state index >= 15 is 0 Å². The van der Waals surface area contributed by atoms with E-state index in [0.717, 1.165) is 55.3 Å². The molecule has 1 amide bonds. The molecule has 1 saturated heterocycles. The Balaban J connectivity index is 1.36. The Morgan fingerprint density at radius 1 is 1.00 bits per heavy atom. The number of nitrogens with one attached hydrogen (secondary N) is 1. The van der Waals surface area contributed by atoms with Gasteiger partial charge in [0, 0.05) is 54.8 Å². The molecule has 4 aromatic rings. The van der Waals surface area contributed by atoms with Gasteiger partial charge in [0.15, 0.2) is 0 Å². The van der Waals surface area contributed by atoms with Crippen LogP contribution in [-0.4, -0.2) is 51.8 Å². The Morgan fingerprint density at radius 2 is 1.76 bits per heavy atom. The molecule has 1 aliphatic rings. The number of benzene rings is 3. The molecule has 9 nitrogen and oxygen atoms in total. The molecular weight excluding hydrogens is 470 g/mol. The minimum absolute atomic E-state index is 0.00231. The maximum absolute atomic E-state index is 13.1. The summed E-state index contributed by atoms with van der Waals surface area (Å²) in [5.41, 5.74) is 4.76. The Kier molecular flexibility index (Phi) is 7.34. The summed E-state index contributed by atoms with van der Waals surface area (Å²) in [6.45, 7) is 4.08. The van der Waals surface area contributed by atoms with Gasteiger partial charge in [0.1, 0.15) is 0 Å². The van der Waals surface area contributed by atoms with Crippen LogP contribution in [0, 0.1) is 10.1 Å². The lowest BCUT2D eigenvalue weighted by Crippen LogP contribution is -2.35. The number of carbonyl (C=O) groups is 1. The number of nitro benzene ring substituents is 1. The van der Waals surface area contributed by atoms with Gasteiger partial charge >= 0.3 is 0 Å².